The Morgan fingerprint density at radius 1 is 1.03 bits per heavy atom. The van der Waals surface area contributed by atoms with Crippen LogP contribution in [0.1, 0.15) is 40.5 Å². The van der Waals surface area contributed by atoms with Gasteiger partial charge in [0.1, 0.15) is 0 Å². The highest BCUT2D eigenvalue weighted by Gasteiger charge is 2.34. The van der Waals surface area contributed by atoms with Crippen LogP contribution in [-0.2, 0) is 17.8 Å². The number of nitrogens with zero attached hydrogens (tertiary/aromatic N) is 3. The Bertz CT molecular complexity index is 1050. The van der Waals surface area contributed by atoms with Gasteiger partial charge in [0.15, 0.2) is 6.35 Å². The third-order valence-electron chi connectivity index (χ3n) is 5.66. The number of aromatic nitrogens is 2. The molecule has 2 atom stereocenters. The van der Waals surface area contributed by atoms with Gasteiger partial charge in [-0.1, -0.05) is 24.3 Å². The van der Waals surface area contributed by atoms with Crippen LogP contribution in [0.4, 0.5) is 17.3 Å². The summed E-state index contributed by atoms with van der Waals surface area (Å²) < 4.78 is 6.26. The van der Waals surface area contributed by atoms with E-state index >= 15 is 0 Å². The number of nitrogens with two attached hydrogens (primary N) is 1. The first-order valence-corrected chi connectivity index (χ1v) is 10.0. The van der Waals surface area contributed by atoms with Crippen molar-refractivity contribution in [1.82, 2.24) is 15.3 Å². The average Bonchev–Trinajstić information content (AvgIpc) is 3.10. The van der Waals surface area contributed by atoms with Crippen molar-refractivity contribution in [2.24, 2.45) is 0 Å². The molecule has 1 aliphatic carbocycles. The normalized spacial score (nSPS) is 20.4. The minimum absolute atomic E-state index is 0.236. The summed E-state index contributed by atoms with van der Waals surface area (Å²) in [5, 5.41) is 3.71. The number of rotatable bonds is 3. The average molecular weight is 387 g/mol. The summed E-state index contributed by atoms with van der Waals surface area (Å²) in [7, 11) is 0. The van der Waals surface area contributed by atoms with E-state index < -0.39 is 0 Å². The van der Waals surface area contributed by atoms with Crippen molar-refractivity contribution in [3.8, 4) is 0 Å². The Kier molecular flexibility index (Phi) is 4.45. The van der Waals surface area contributed by atoms with Crippen molar-refractivity contribution in [2.45, 2.75) is 45.7 Å². The molecule has 3 N–H and O–H groups in total. The molecule has 1 aliphatic heterocycles. The first kappa shape index (κ1) is 18.1. The quantitative estimate of drug-likeness (QED) is 0.664. The van der Waals surface area contributed by atoms with E-state index in [4.69, 9.17) is 20.4 Å². The van der Waals surface area contributed by atoms with Crippen LogP contribution in [-0.4, -0.2) is 16.3 Å². The van der Waals surface area contributed by atoms with Gasteiger partial charge in [-0.15, -0.1) is 0 Å². The van der Waals surface area contributed by atoms with Gasteiger partial charge in [0.05, 0.1) is 12.3 Å². The van der Waals surface area contributed by atoms with Crippen LogP contribution in [0.15, 0.2) is 48.5 Å². The lowest BCUT2D eigenvalue weighted by Gasteiger charge is -2.39. The zero-order valence-electron chi connectivity index (χ0n) is 16.7. The van der Waals surface area contributed by atoms with E-state index in [9.17, 15) is 0 Å². The largest absolute Gasteiger partial charge is 0.399 e. The molecule has 0 fully saturated rings. The van der Waals surface area contributed by atoms with E-state index in [1.54, 1.807) is 0 Å². The minimum Gasteiger partial charge on any atom is -0.399 e. The number of nitrogens with one attached hydrogen (secondary N) is 1. The van der Waals surface area contributed by atoms with Crippen molar-refractivity contribution in [3.63, 3.8) is 0 Å². The number of nitrogen functional groups attached to an aromatic ring is 1. The highest BCUT2D eigenvalue weighted by molar-refractivity contribution is 5.66. The molecule has 1 unspecified atom stereocenters. The van der Waals surface area contributed by atoms with Gasteiger partial charge >= 0.3 is 0 Å². The third-order valence-corrected chi connectivity index (χ3v) is 5.66. The summed E-state index contributed by atoms with van der Waals surface area (Å²) in [4.78, 5) is 11.5. The number of hydrogen-bond acceptors (Lipinski definition) is 6. The molecule has 0 saturated carbocycles. The monoisotopic (exact) mass is 387 g/mol. The van der Waals surface area contributed by atoms with Crippen LogP contribution in [0.25, 0.3) is 0 Å². The van der Waals surface area contributed by atoms with E-state index in [1.165, 1.54) is 11.1 Å². The zero-order valence-corrected chi connectivity index (χ0v) is 16.7. The smallest absolute Gasteiger partial charge is 0.233 e. The number of anilines is 3. The molecular formula is C23H25N5O. The maximum absolute atomic E-state index is 6.26. The minimum atomic E-state index is -0.358. The molecule has 0 amide bonds. The van der Waals surface area contributed by atoms with Crippen molar-refractivity contribution >= 4 is 17.3 Å². The summed E-state index contributed by atoms with van der Waals surface area (Å²) >= 11 is 0. The lowest BCUT2D eigenvalue weighted by atomic mass is 10.1. The van der Waals surface area contributed by atoms with Crippen LogP contribution in [0, 0.1) is 13.8 Å². The molecule has 29 heavy (non-hydrogen) atoms. The first-order valence-electron chi connectivity index (χ1n) is 10.0. The van der Waals surface area contributed by atoms with Gasteiger partial charge in [0, 0.05) is 28.7 Å². The summed E-state index contributed by atoms with van der Waals surface area (Å²) in [6.45, 7) is 4.47. The molecule has 0 bridgehead atoms. The molecule has 5 rings (SSSR count). The molecule has 2 aromatic carbocycles. The van der Waals surface area contributed by atoms with Crippen LogP contribution < -0.4 is 16.0 Å². The maximum Gasteiger partial charge on any atom is 0.233 e. The summed E-state index contributed by atoms with van der Waals surface area (Å²) in [5.74, 6) is 0.636. The topological polar surface area (TPSA) is 76.3 Å². The molecule has 2 aliphatic rings. The van der Waals surface area contributed by atoms with Crippen molar-refractivity contribution < 1.29 is 4.74 Å². The fourth-order valence-electron chi connectivity index (χ4n) is 4.38. The molecule has 6 nitrogen and oxygen atoms in total. The number of ether oxygens (including phenoxy) is 1. The second kappa shape index (κ2) is 7.13. The Morgan fingerprint density at radius 2 is 1.83 bits per heavy atom. The van der Waals surface area contributed by atoms with Crippen LogP contribution >= 0.6 is 0 Å². The van der Waals surface area contributed by atoms with Gasteiger partial charge in [0.2, 0.25) is 5.95 Å². The second-order valence-corrected chi connectivity index (χ2v) is 7.83. The Hall–Kier alpha value is -2.96. The molecule has 6 heteroatoms. The van der Waals surface area contributed by atoms with Gasteiger partial charge in [-0.25, -0.2) is 9.97 Å². The number of fused-ring (bicyclic) bond motifs is 2. The van der Waals surface area contributed by atoms with Gasteiger partial charge in [-0.05, 0) is 62.1 Å². The van der Waals surface area contributed by atoms with Crippen molar-refractivity contribution in [3.05, 3.63) is 76.6 Å². The van der Waals surface area contributed by atoms with E-state index in [0.717, 1.165) is 41.2 Å². The molecule has 148 valence electrons. The molecule has 3 aromatic rings. The summed E-state index contributed by atoms with van der Waals surface area (Å²) in [6, 6.07) is 16.8. The van der Waals surface area contributed by atoms with Gasteiger partial charge < -0.3 is 10.5 Å². The molecule has 0 spiro atoms. The van der Waals surface area contributed by atoms with Gasteiger partial charge in [0.25, 0.3) is 0 Å². The van der Waals surface area contributed by atoms with Crippen LogP contribution in [0.3, 0.4) is 0 Å². The fraction of sp³-hybridized carbons (Fsp3) is 0.304. The molecular weight excluding hydrogens is 362 g/mol. The summed E-state index contributed by atoms with van der Waals surface area (Å²) in [6.07, 6.45) is 1.77. The molecule has 2 heterocycles. The Morgan fingerprint density at radius 3 is 2.66 bits per heavy atom. The van der Waals surface area contributed by atoms with E-state index in [2.05, 4.69) is 34.5 Å². The lowest BCUT2D eigenvalue weighted by Crippen LogP contribution is -2.49. The fourth-order valence-corrected chi connectivity index (χ4v) is 4.38. The predicted octanol–water partition coefficient (Wildman–Crippen LogP) is 3.90. The van der Waals surface area contributed by atoms with Gasteiger partial charge in [-0.2, -0.15) is 0 Å². The predicted molar refractivity (Wildman–Crippen MR) is 114 cm³/mol. The summed E-state index contributed by atoms with van der Waals surface area (Å²) in [5.41, 5.74) is 13.4. The van der Waals surface area contributed by atoms with Crippen LogP contribution in [0.5, 0.6) is 0 Å². The molecule has 1 aromatic heterocycles. The van der Waals surface area contributed by atoms with E-state index in [-0.39, 0.29) is 12.4 Å². The number of benzene rings is 2. The molecule has 0 radical (unpaired) electrons. The second-order valence-electron chi connectivity index (χ2n) is 7.83. The Labute approximate surface area is 170 Å². The highest BCUT2D eigenvalue weighted by atomic mass is 16.5. The SMILES string of the molecule is Cc1cc(C)nc(N2c3ccc(N)cc3CO[C@@H]2NC2CCc3ccccc32)n1. The third kappa shape index (κ3) is 3.34. The number of hydrogen-bond donors (Lipinski definition) is 2. The first-order chi connectivity index (χ1) is 14.1. The molecule has 0 saturated heterocycles. The lowest BCUT2D eigenvalue weighted by molar-refractivity contribution is 0.00454. The maximum atomic E-state index is 6.26. The van der Waals surface area contributed by atoms with Crippen molar-refractivity contribution in [2.75, 3.05) is 10.6 Å². The van der Waals surface area contributed by atoms with E-state index in [1.807, 2.05) is 38.1 Å². The van der Waals surface area contributed by atoms with Crippen molar-refractivity contribution in [1.29, 1.82) is 0 Å². The van der Waals surface area contributed by atoms with Crippen LogP contribution in [0.2, 0.25) is 0 Å². The standard InChI is InChI=1S/C23H25N5O/c1-14-11-15(2)26-22(25-14)28-21-10-8-18(24)12-17(21)13-29-23(28)27-20-9-7-16-5-3-4-6-19(16)20/h3-6,8,10-12,20,23,27H,7,9,13,24H2,1-2H3/t20?,23-/m1/s1. The van der Waals surface area contributed by atoms with E-state index in [0.29, 0.717) is 12.6 Å². The highest BCUT2D eigenvalue weighted by Crippen LogP contribution is 2.37. The van der Waals surface area contributed by atoms with Gasteiger partial charge in [-0.3, -0.25) is 10.2 Å². The Balaban J connectivity index is 1.54. The zero-order chi connectivity index (χ0) is 20.0. The number of aryl methyl sites for hydroxylation is 3.